The van der Waals surface area contributed by atoms with E-state index >= 15 is 0 Å². The van der Waals surface area contributed by atoms with E-state index in [-0.39, 0.29) is 23.4 Å². The molecule has 27 heavy (non-hydrogen) atoms. The summed E-state index contributed by atoms with van der Waals surface area (Å²) in [6.45, 7) is 4.38. The topological polar surface area (TPSA) is 138 Å². The predicted molar refractivity (Wildman–Crippen MR) is 97.8 cm³/mol. The molecule has 0 saturated heterocycles. The van der Waals surface area contributed by atoms with Gasteiger partial charge in [-0.05, 0) is 32.9 Å². The molecule has 1 aromatic carbocycles. The number of nitrogens with one attached hydrogen (secondary N) is 2. The van der Waals surface area contributed by atoms with E-state index in [1.165, 1.54) is 20.8 Å². The van der Waals surface area contributed by atoms with Gasteiger partial charge in [-0.3, -0.25) is 14.3 Å². The average molecular weight is 390 g/mol. The molecule has 142 valence electrons. The quantitative estimate of drug-likeness (QED) is 0.729. The molecule has 0 fully saturated rings. The van der Waals surface area contributed by atoms with E-state index in [2.05, 4.69) is 14.4 Å². The van der Waals surface area contributed by atoms with Crippen LogP contribution in [-0.4, -0.2) is 32.1 Å². The first-order chi connectivity index (χ1) is 12.6. The summed E-state index contributed by atoms with van der Waals surface area (Å²) in [7, 11) is -3.79. The van der Waals surface area contributed by atoms with Crippen LogP contribution in [0, 0.1) is 11.3 Å². The van der Waals surface area contributed by atoms with Crippen molar-refractivity contribution in [1.29, 1.82) is 5.26 Å². The molecular formula is C17H18N4O5S. The Morgan fingerprint density at radius 1 is 1.33 bits per heavy atom. The van der Waals surface area contributed by atoms with Crippen LogP contribution in [0.1, 0.15) is 32.8 Å². The Balaban J connectivity index is 2.01. The normalized spacial score (nSPS) is 16.4. The van der Waals surface area contributed by atoms with Crippen LogP contribution in [-0.2, 0) is 24.5 Å². The molecule has 0 spiro atoms. The SMILES string of the molecule is CC1=NS(=O)(=O)NC(C)=C1CC(=O)O[C@@H](C)C(=O)Nc1ccccc1C#N. The number of nitriles is 1. The van der Waals surface area contributed by atoms with Crippen LogP contribution in [0.3, 0.4) is 0 Å². The number of para-hydroxylation sites is 1. The highest BCUT2D eigenvalue weighted by molar-refractivity contribution is 7.88. The number of nitrogens with zero attached hydrogens (tertiary/aromatic N) is 2. The van der Waals surface area contributed by atoms with Gasteiger partial charge in [0.25, 0.3) is 5.91 Å². The van der Waals surface area contributed by atoms with E-state index in [0.29, 0.717) is 11.3 Å². The van der Waals surface area contributed by atoms with Crippen molar-refractivity contribution in [2.75, 3.05) is 5.32 Å². The lowest BCUT2D eigenvalue weighted by Gasteiger charge is -2.19. The van der Waals surface area contributed by atoms with Gasteiger partial charge in [-0.15, -0.1) is 4.40 Å². The molecule has 1 aromatic rings. The lowest BCUT2D eigenvalue weighted by Crippen LogP contribution is -2.32. The molecule has 1 aliphatic heterocycles. The van der Waals surface area contributed by atoms with E-state index in [1.807, 2.05) is 6.07 Å². The number of benzene rings is 1. The number of ether oxygens (including phenoxy) is 1. The zero-order valence-corrected chi connectivity index (χ0v) is 15.8. The summed E-state index contributed by atoms with van der Waals surface area (Å²) >= 11 is 0. The average Bonchev–Trinajstić information content (AvgIpc) is 2.57. The molecule has 1 aliphatic rings. The molecular weight excluding hydrogens is 372 g/mol. The van der Waals surface area contributed by atoms with E-state index in [9.17, 15) is 18.0 Å². The van der Waals surface area contributed by atoms with Gasteiger partial charge in [0.05, 0.1) is 23.4 Å². The molecule has 1 heterocycles. The summed E-state index contributed by atoms with van der Waals surface area (Å²) < 4.78 is 33.8. The minimum absolute atomic E-state index is 0.184. The van der Waals surface area contributed by atoms with Gasteiger partial charge in [0, 0.05) is 11.3 Å². The fourth-order valence-corrected chi connectivity index (χ4v) is 3.43. The molecule has 9 nitrogen and oxygen atoms in total. The number of hydrogen-bond acceptors (Lipinski definition) is 6. The molecule has 0 radical (unpaired) electrons. The minimum Gasteiger partial charge on any atom is -0.452 e. The zero-order valence-electron chi connectivity index (χ0n) is 14.9. The number of carbonyl (C=O) groups excluding carboxylic acids is 2. The fraction of sp³-hybridized carbons (Fsp3) is 0.294. The lowest BCUT2D eigenvalue weighted by molar-refractivity contribution is -0.152. The van der Waals surface area contributed by atoms with Gasteiger partial charge in [0.15, 0.2) is 6.10 Å². The highest BCUT2D eigenvalue weighted by Crippen LogP contribution is 2.18. The van der Waals surface area contributed by atoms with Crippen molar-refractivity contribution in [3.63, 3.8) is 0 Å². The predicted octanol–water partition coefficient (Wildman–Crippen LogP) is 1.40. The Hall–Kier alpha value is -3.19. The highest BCUT2D eigenvalue weighted by Gasteiger charge is 2.25. The second-order valence-electron chi connectivity index (χ2n) is 5.81. The van der Waals surface area contributed by atoms with Crippen molar-refractivity contribution in [2.45, 2.75) is 33.3 Å². The fourth-order valence-electron chi connectivity index (χ4n) is 2.41. The molecule has 0 unspecified atom stereocenters. The number of rotatable bonds is 5. The van der Waals surface area contributed by atoms with Gasteiger partial charge in [-0.2, -0.15) is 13.7 Å². The number of allylic oxidation sites excluding steroid dienone is 1. The Morgan fingerprint density at radius 2 is 2.00 bits per heavy atom. The number of esters is 1. The maximum atomic E-state index is 12.2. The Labute approximate surface area is 156 Å². The van der Waals surface area contributed by atoms with Gasteiger partial charge in [-0.1, -0.05) is 12.1 Å². The first kappa shape index (κ1) is 20.1. The second kappa shape index (κ2) is 8.01. The molecule has 1 atom stereocenters. The van der Waals surface area contributed by atoms with Crippen molar-refractivity contribution < 1.29 is 22.7 Å². The molecule has 2 N–H and O–H groups in total. The smallest absolute Gasteiger partial charge is 0.342 e. The van der Waals surface area contributed by atoms with Crippen LogP contribution in [0.5, 0.6) is 0 Å². The van der Waals surface area contributed by atoms with Crippen molar-refractivity contribution >= 4 is 33.5 Å². The van der Waals surface area contributed by atoms with E-state index in [0.717, 1.165) is 0 Å². The van der Waals surface area contributed by atoms with Crippen LogP contribution < -0.4 is 10.0 Å². The van der Waals surface area contributed by atoms with E-state index in [4.69, 9.17) is 10.00 Å². The first-order valence-corrected chi connectivity index (χ1v) is 9.36. The summed E-state index contributed by atoms with van der Waals surface area (Å²) in [4.78, 5) is 24.3. The lowest BCUT2D eigenvalue weighted by atomic mass is 10.1. The van der Waals surface area contributed by atoms with Gasteiger partial charge < -0.3 is 10.1 Å². The standard InChI is InChI=1S/C17H18N4O5S/c1-10-14(11(2)21-27(24,25)20-10)8-16(22)26-12(3)17(23)19-15-7-5-4-6-13(15)9-18/h4-7,12,20H,8H2,1-3H3,(H,19,23)/t12-/m0/s1. The van der Waals surface area contributed by atoms with E-state index in [1.54, 1.807) is 24.3 Å². The Bertz CT molecular complexity index is 989. The summed E-state index contributed by atoms with van der Waals surface area (Å²) in [5, 5.41) is 11.6. The van der Waals surface area contributed by atoms with Crippen LogP contribution >= 0.6 is 0 Å². The summed E-state index contributed by atoms with van der Waals surface area (Å²) in [6.07, 6.45) is -1.35. The van der Waals surface area contributed by atoms with Crippen LogP contribution in [0.25, 0.3) is 0 Å². The molecule has 10 heteroatoms. The van der Waals surface area contributed by atoms with Gasteiger partial charge in [0.1, 0.15) is 6.07 Å². The largest absolute Gasteiger partial charge is 0.452 e. The third-order valence-electron chi connectivity index (χ3n) is 3.73. The molecule has 0 bridgehead atoms. The molecule has 1 amide bonds. The summed E-state index contributed by atoms with van der Waals surface area (Å²) in [6, 6.07) is 8.39. The Morgan fingerprint density at radius 3 is 2.63 bits per heavy atom. The van der Waals surface area contributed by atoms with Gasteiger partial charge in [0.2, 0.25) is 0 Å². The van der Waals surface area contributed by atoms with Gasteiger partial charge >= 0.3 is 16.2 Å². The maximum absolute atomic E-state index is 12.2. The third-order valence-corrected chi connectivity index (χ3v) is 4.81. The number of hydrogen-bond donors (Lipinski definition) is 2. The number of amides is 1. The monoisotopic (exact) mass is 390 g/mol. The van der Waals surface area contributed by atoms with Crippen LogP contribution in [0.15, 0.2) is 39.9 Å². The summed E-state index contributed by atoms with van der Waals surface area (Å²) in [5.74, 6) is -1.30. The minimum atomic E-state index is -3.79. The number of carbonyl (C=O) groups is 2. The van der Waals surface area contributed by atoms with Crippen LogP contribution in [0.4, 0.5) is 5.69 Å². The summed E-state index contributed by atoms with van der Waals surface area (Å²) in [5.41, 5.74) is 1.45. The van der Waals surface area contributed by atoms with Gasteiger partial charge in [-0.25, -0.2) is 0 Å². The van der Waals surface area contributed by atoms with Crippen molar-refractivity contribution in [3.8, 4) is 6.07 Å². The van der Waals surface area contributed by atoms with Crippen molar-refractivity contribution in [1.82, 2.24) is 4.72 Å². The zero-order chi connectivity index (χ0) is 20.2. The number of anilines is 1. The van der Waals surface area contributed by atoms with Crippen molar-refractivity contribution in [3.05, 3.63) is 41.1 Å². The molecule has 0 aliphatic carbocycles. The molecule has 0 saturated carbocycles. The third kappa shape index (κ3) is 5.15. The molecule has 0 aromatic heterocycles. The van der Waals surface area contributed by atoms with E-state index < -0.39 is 28.2 Å². The van der Waals surface area contributed by atoms with Crippen LogP contribution in [0.2, 0.25) is 0 Å². The second-order valence-corrected chi connectivity index (χ2v) is 7.15. The Kier molecular flexibility index (Phi) is 5.97. The maximum Gasteiger partial charge on any atom is 0.342 e. The van der Waals surface area contributed by atoms with Crippen molar-refractivity contribution in [2.24, 2.45) is 4.40 Å². The molecule has 2 rings (SSSR count). The first-order valence-electron chi connectivity index (χ1n) is 7.92. The highest BCUT2D eigenvalue weighted by atomic mass is 32.2.